The van der Waals surface area contributed by atoms with Crippen LogP contribution in [-0.2, 0) is 11.3 Å². The van der Waals surface area contributed by atoms with Crippen LogP contribution in [0.5, 0.6) is 0 Å². The van der Waals surface area contributed by atoms with Gasteiger partial charge in [0.15, 0.2) is 0 Å². The molecule has 0 saturated carbocycles. The third-order valence-electron chi connectivity index (χ3n) is 2.30. The van der Waals surface area contributed by atoms with Gasteiger partial charge in [-0.15, -0.1) is 0 Å². The van der Waals surface area contributed by atoms with Crippen LogP contribution in [0.3, 0.4) is 0 Å². The highest BCUT2D eigenvalue weighted by Gasteiger charge is 2.18. The molecule has 0 bridgehead atoms. The van der Waals surface area contributed by atoms with E-state index in [1.54, 1.807) is 11.7 Å². The lowest BCUT2D eigenvalue weighted by atomic mass is 10.3. The lowest BCUT2D eigenvalue weighted by Crippen LogP contribution is -2.38. The van der Waals surface area contributed by atoms with Gasteiger partial charge in [0.25, 0.3) is 0 Å². The van der Waals surface area contributed by atoms with E-state index in [0.29, 0.717) is 6.54 Å². The van der Waals surface area contributed by atoms with Gasteiger partial charge in [-0.2, -0.15) is 5.10 Å². The largest absolute Gasteiger partial charge is 0.480 e. The van der Waals surface area contributed by atoms with Crippen LogP contribution in [0.15, 0.2) is 4.47 Å². The molecule has 0 spiro atoms. The van der Waals surface area contributed by atoms with E-state index < -0.39 is 12.0 Å². The zero-order valence-electron chi connectivity index (χ0n) is 8.91. The minimum absolute atomic E-state index is 0.324. The van der Waals surface area contributed by atoms with Crippen molar-refractivity contribution in [3.8, 4) is 0 Å². The van der Waals surface area contributed by atoms with E-state index in [-0.39, 0.29) is 0 Å². The highest BCUT2D eigenvalue weighted by atomic mass is 79.9. The van der Waals surface area contributed by atoms with Crippen LogP contribution in [0.4, 0.5) is 0 Å². The Hall–Kier alpha value is -0.880. The number of halogens is 1. The average molecular weight is 276 g/mol. The molecule has 2 N–H and O–H groups in total. The van der Waals surface area contributed by atoms with Gasteiger partial charge in [0.05, 0.1) is 16.7 Å². The predicted octanol–water partition coefficient (Wildman–Crippen LogP) is 0.935. The fraction of sp³-hybridized carbons (Fsp3) is 0.556. The summed E-state index contributed by atoms with van der Waals surface area (Å²) in [6, 6.07) is -0.616. The third kappa shape index (κ3) is 2.57. The van der Waals surface area contributed by atoms with Gasteiger partial charge in [0.2, 0.25) is 0 Å². The van der Waals surface area contributed by atoms with Crippen LogP contribution in [0.25, 0.3) is 0 Å². The first-order chi connectivity index (χ1) is 6.97. The molecule has 0 aliphatic carbocycles. The highest BCUT2D eigenvalue weighted by molar-refractivity contribution is 9.10. The quantitative estimate of drug-likeness (QED) is 0.858. The van der Waals surface area contributed by atoms with Crippen LogP contribution in [0.1, 0.15) is 11.4 Å². The molecule has 0 saturated heterocycles. The van der Waals surface area contributed by atoms with Gasteiger partial charge in [-0.05, 0) is 36.8 Å². The number of likely N-dealkylation sites (N-methyl/N-ethyl adjacent to an activating group) is 1. The molecule has 1 aromatic rings. The van der Waals surface area contributed by atoms with Gasteiger partial charge in [-0.3, -0.25) is 9.48 Å². The normalized spacial score (nSPS) is 12.8. The highest BCUT2D eigenvalue weighted by Crippen LogP contribution is 2.19. The maximum Gasteiger partial charge on any atom is 0.322 e. The van der Waals surface area contributed by atoms with Crippen LogP contribution >= 0.6 is 15.9 Å². The fourth-order valence-corrected chi connectivity index (χ4v) is 1.60. The summed E-state index contributed by atoms with van der Waals surface area (Å²) in [4.78, 5) is 10.8. The Labute approximate surface area is 96.6 Å². The molecule has 1 aromatic heterocycles. The van der Waals surface area contributed by atoms with Crippen molar-refractivity contribution in [3.63, 3.8) is 0 Å². The summed E-state index contributed by atoms with van der Waals surface area (Å²) in [6.45, 7) is 4.10. The first-order valence-corrected chi connectivity index (χ1v) is 5.36. The van der Waals surface area contributed by atoms with Crippen LogP contribution < -0.4 is 5.32 Å². The summed E-state index contributed by atoms with van der Waals surface area (Å²) in [5.41, 5.74) is 1.81. The molecule has 0 aliphatic rings. The molecular weight excluding hydrogens is 262 g/mol. The molecule has 5 nitrogen and oxygen atoms in total. The molecule has 1 atom stereocenters. The number of rotatable bonds is 4. The zero-order chi connectivity index (χ0) is 11.6. The molecule has 0 amide bonds. The number of aliphatic carboxylic acids is 1. The Kier molecular flexibility index (Phi) is 3.87. The number of carbonyl (C=O) groups is 1. The van der Waals surface area contributed by atoms with Crippen molar-refractivity contribution in [2.75, 3.05) is 7.05 Å². The Morgan fingerprint density at radius 1 is 1.67 bits per heavy atom. The number of hydrogen-bond donors (Lipinski definition) is 2. The fourth-order valence-electron chi connectivity index (χ4n) is 1.32. The van der Waals surface area contributed by atoms with Crippen LogP contribution in [0, 0.1) is 13.8 Å². The topological polar surface area (TPSA) is 67.2 Å². The molecule has 84 valence electrons. The number of nitrogens with zero attached hydrogens (tertiary/aromatic N) is 2. The van der Waals surface area contributed by atoms with Crippen molar-refractivity contribution in [1.29, 1.82) is 0 Å². The summed E-state index contributed by atoms with van der Waals surface area (Å²) >= 11 is 3.40. The second-order valence-corrected chi connectivity index (χ2v) is 4.14. The molecule has 0 aliphatic heterocycles. The minimum Gasteiger partial charge on any atom is -0.480 e. The SMILES string of the molecule is CNC(Cn1nc(C)c(Br)c1C)C(=O)O. The smallest absolute Gasteiger partial charge is 0.322 e. The Balaban J connectivity index is 2.88. The molecule has 0 fully saturated rings. The third-order valence-corrected chi connectivity index (χ3v) is 3.44. The minimum atomic E-state index is -0.874. The van der Waals surface area contributed by atoms with Crippen molar-refractivity contribution < 1.29 is 9.90 Å². The lowest BCUT2D eigenvalue weighted by Gasteiger charge is -2.12. The molecule has 6 heteroatoms. The Morgan fingerprint density at radius 3 is 2.60 bits per heavy atom. The molecule has 1 rings (SSSR count). The number of carboxylic acids is 1. The summed E-state index contributed by atoms with van der Waals surface area (Å²) in [6.07, 6.45) is 0. The first kappa shape index (κ1) is 12.2. The predicted molar refractivity (Wildman–Crippen MR) is 59.9 cm³/mol. The van der Waals surface area contributed by atoms with Crippen LogP contribution in [-0.4, -0.2) is 33.9 Å². The monoisotopic (exact) mass is 275 g/mol. The molecule has 0 radical (unpaired) electrons. The van der Waals surface area contributed by atoms with Crippen molar-refractivity contribution >= 4 is 21.9 Å². The van der Waals surface area contributed by atoms with Crippen LogP contribution in [0.2, 0.25) is 0 Å². The number of hydrogen-bond acceptors (Lipinski definition) is 3. The second kappa shape index (κ2) is 4.76. The van der Waals surface area contributed by atoms with E-state index in [1.165, 1.54) is 0 Å². The molecular formula is C9H14BrN3O2. The standard InChI is InChI=1S/C9H14BrN3O2/c1-5-8(10)6(2)13(12-5)4-7(11-3)9(14)15/h7,11H,4H2,1-3H3,(H,14,15). The number of aryl methyl sites for hydroxylation is 1. The van der Waals surface area contributed by atoms with Crippen molar-refractivity contribution in [3.05, 3.63) is 15.9 Å². The van der Waals surface area contributed by atoms with E-state index in [2.05, 4.69) is 26.3 Å². The van der Waals surface area contributed by atoms with Crippen molar-refractivity contribution in [2.24, 2.45) is 0 Å². The van der Waals surface area contributed by atoms with E-state index in [1.807, 2.05) is 13.8 Å². The summed E-state index contributed by atoms with van der Waals surface area (Å²) in [5.74, 6) is -0.874. The van der Waals surface area contributed by atoms with Gasteiger partial charge < -0.3 is 10.4 Å². The van der Waals surface area contributed by atoms with Gasteiger partial charge >= 0.3 is 5.97 Å². The van der Waals surface area contributed by atoms with Crippen molar-refractivity contribution in [2.45, 2.75) is 26.4 Å². The number of nitrogens with one attached hydrogen (secondary N) is 1. The first-order valence-electron chi connectivity index (χ1n) is 4.57. The molecule has 1 unspecified atom stereocenters. The second-order valence-electron chi connectivity index (χ2n) is 3.35. The van der Waals surface area contributed by atoms with Gasteiger partial charge in [0, 0.05) is 5.69 Å². The van der Waals surface area contributed by atoms with Crippen molar-refractivity contribution in [1.82, 2.24) is 15.1 Å². The van der Waals surface area contributed by atoms with Gasteiger partial charge in [-0.1, -0.05) is 0 Å². The maximum absolute atomic E-state index is 10.8. The molecule has 1 heterocycles. The zero-order valence-corrected chi connectivity index (χ0v) is 10.5. The van der Waals surface area contributed by atoms with E-state index in [0.717, 1.165) is 15.9 Å². The molecule has 15 heavy (non-hydrogen) atoms. The summed E-state index contributed by atoms with van der Waals surface area (Å²) in [5, 5.41) is 15.9. The summed E-state index contributed by atoms with van der Waals surface area (Å²) in [7, 11) is 1.62. The Bertz CT molecular complexity index is 376. The number of carboxylic acid groups (broad SMARTS) is 1. The maximum atomic E-state index is 10.8. The van der Waals surface area contributed by atoms with E-state index in [4.69, 9.17) is 5.11 Å². The van der Waals surface area contributed by atoms with E-state index in [9.17, 15) is 4.79 Å². The number of aromatic nitrogens is 2. The van der Waals surface area contributed by atoms with Gasteiger partial charge in [0.1, 0.15) is 6.04 Å². The Morgan fingerprint density at radius 2 is 2.27 bits per heavy atom. The lowest BCUT2D eigenvalue weighted by molar-refractivity contribution is -0.139. The molecule has 0 aromatic carbocycles. The van der Waals surface area contributed by atoms with Gasteiger partial charge in [-0.25, -0.2) is 0 Å². The van der Waals surface area contributed by atoms with E-state index >= 15 is 0 Å². The summed E-state index contributed by atoms with van der Waals surface area (Å²) < 4.78 is 2.62. The average Bonchev–Trinajstić information content (AvgIpc) is 2.42.